The Morgan fingerprint density at radius 3 is 2.62 bits per heavy atom. The van der Waals surface area contributed by atoms with Crippen molar-refractivity contribution in [3.63, 3.8) is 0 Å². The highest BCUT2D eigenvalue weighted by atomic mass is 19.1. The van der Waals surface area contributed by atoms with Crippen LogP contribution >= 0.6 is 0 Å². The Bertz CT molecular complexity index is 650. The fraction of sp³-hybridized carbons (Fsp3) is 0.235. The zero-order valence-electron chi connectivity index (χ0n) is 12.0. The van der Waals surface area contributed by atoms with Crippen LogP contribution in [-0.4, -0.2) is 11.1 Å². The normalized spacial score (nSPS) is 10.7. The molecule has 21 heavy (non-hydrogen) atoms. The van der Waals surface area contributed by atoms with Crippen LogP contribution in [0.2, 0.25) is 0 Å². The predicted octanol–water partition coefficient (Wildman–Crippen LogP) is 4.23. The second-order valence-corrected chi connectivity index (χ2v) is 5.09. The summed E-state index contributed by atoms with van der Waals surface area (Å²) in [6, 6.07) is 11.3. The quantitative estimate of drug-likeness (QED) is 0.895. The number of rotatable bonds is 5. The number of carboxylic acids is 1. The van der Waals surface area contributed by atoms with Gasteiger partial charge in [0.05, 0.1) is 5.56 Å². The number of aromatic carboxylic acids is 1. The molecule has 0 aliphatic heterocycles. The zero-order valence-corrected chi connectivity index (χ0v) is 12.0. The molecule has 2 rings (SSSR count). The molecule has 0 saturated carbocycles. The van der Waals surface area contributed by atoms with E-state index >= 15 is 0 Å². The standard InChI is InChI=1S/C17H17FO3/c1-11(2)14-5-3-4-6-16(14)21-10-12-7-8-13(18)9-15(12)17(19)20/h3-9,11H,10H2,1-2H3,(H,19,20). The van der Waals surface area contributed by atoms with Gasteiger partial charge in [-0.1, -0.05) is 38.1 Å². The number of carbonyl (C=O) groups is 1. The third kappa shape index (κ3) is 3.60. The number of carboxylic acid groups (broad SMARTS) is 1. The Morgan fingerprint density at radius 1 is 1.24 bits per heavy atom. The van der Waals surface area contributed by atoms with Crippen LogP contribution in [0, 0.1) is 5.82 Å². The number of ether oxygens (including phenoxy) is 1. The van der Waals surface area contributed by atoms with Gasteiger partial charge in [0.25, 0.3) is 0 Å². The van der Waals surface area contributed by atoms with Crippen molar-refractivity contribution in [1.82, 2.24) is 0 Å². The lowest BCUT2D eigenvalue weighted by atomic mass is 10.0. The summed E-state index contributed by atoms with van der Waals surface area (Å²) < 4.78 is 18.9. The van der Waals surface area contributed by atoms with E-state index in [0.29, 0.717) is 17.2 Å². The fourth-order valence-electron chi connectivity index (χ4n) is 2.12. The average Bonchev–Trinajstić information content (AvgIpc) is 2.46. The lowest BCUT2D eigenvalue weighted by molar-refractivity contribution is 0.0693. The minimum atomic E-state index is -1.16. The SMILES string of the molecule is CC(C)c1ccccc1OCc1ccc(F)cc1C(=O)O. The van der Waals surface area contributed by atoms with E-state index in [1.54, 1.807) is 0 Å². The molecule has 0 radical (unpaired) electrons. The highest BCUT2D eigenvalue weighted by Crippen LogP contribution is 2.27. The Morgan fingerprint density at radius 2 is 1.95 bits per heavy atom. The van der Waals surface area contributed by atoms with Gasteiger partial charge in [-0.25, -0.2) is 9.18 Å². The first-order valence-corrected chi connectivity index (χ1v) is 6.72. The summed E-state index contributed by atoms with van der Waals surface area (Å²) in [4.78, 5) is 11.1. The molecule has 4 heteroatoms. The van der Waals surface area contributed by atoms with Gasteiger partial charge in [-0.15, -0.1) is 0 Å². The van der Waals surface area contributed by atoms with Crippen LogP contribution in [0.4, 0.5) is 4.39 Å². The van der Waals surface area contributed by atoms with Gasteiger partial charge in [0.1, 0.15) is 18.2 Å². The second kappa shape index (κ2) is 6.39. The largest absolute Gasteiger partial charge is 0.489 e. The smallest absolute Gasteiger partial charge is 0.336 e. The molecule has 0 amide bonds. The van der Waals surface area contributed by atoms with Crippen molar-refractivity contribution >= 4 is 5.97 Å². The third-order valence-electron chi connectivity index (χ3n) is 3.23. The first kappa shape index (κ1) is 15.0. The van der Waals surface area contributed by atoms with Crippen LogP contribution in [0.25, 0.3) is 0 Å². The summed E-state index contributed by atoms with van der Waals surface area (Å²) in [6.07, 6.45) is 0. The Hall–Kier alpha value is -2.36. The molecule has 0 unspecified atom stereocenters. The molecular formula is C17H17FO3. The molecule has 0 aromatic heterocycles. The molecule has 110 valence electrons. The van der Waals surface area contributed by atoms with Crippen LogP contribution < -0.4 is 4.74 Å². The van der Waals surface area contributed by atoms with Crippen LogP contribution in [0.5, 0.6) is 5.75 Å². The van der Waals surface area contributed by atoms with Crippen molar-refractivity contribution in [2.24, 2.45) is 0 Å². The predicted molar refractivity (Wildman–Crippen MR) is 78.2 cm³/mol. The highest BCUT2D eigenvalue weighted by molar-refractivity contribution is 5.89. The van der Waals surface area contributed by atoms with E-state index in [4.69, 9.17) is 9.84 Å². The van der Waals surface area contributed by atoms with Gasteiger partial charge in [0.2, 0.25) is 0 Å². The lowest BCUT2D eigenvalue weighted by Gasteiger charge is -2.14. The minimum absolute atomic E-state index is 0.0722. The average molecular weight is 288 g/mol. The first-order chi connectivity index (χ1) is 9.99. The maximum absolute atomic E-state index is 13.1. The molecule has 0 spiro atoms. The van der Waals surface area contributed by atoms with Crippen molar-refractivity contribution in [2.45, 2.75) is 26.4 Å². The van der Waals surface area contributed by atoms with Gasteiger partial charge < -0.3 is 9.84 Å². The van der Waals surface area contributed by atoms with E-state index in [1.807, 2.05) is 24.3 Å². The van der Waals surface area contributed by atoms with Crippen LogP contribution in [0.3, 0.4) is 0 Å². The van der Waals surface area contributed by atoms with Gasteiger partial charge in [0, 0.05) is 5.56 Å². The van der Waals surface area contributed by atoms with Crippen molar-refractivity contribution in [1.29, 1.82) is 0 Å². The second-order valence-electron chi connectivity index (χ2n) is 5.09. The fourth-order valence-corrected chi connectivity index (χ4v) is 2.12. The van der Waals surface area contributed by atoms with E-state index in [9.17, 15) is 9.18 Å². The Labute approximate surface area is 123 Å². The van der Waals surface area contributed by atoms with Crippen LogP contribution in [-0.2, 0) is 6.61 Å². The van der Waals surface area contributed by atoms with Gasteiger partial charge in [-0.05, 0) is 29.7 Å². The molecule has 1 N–H and O–H groups in total. The number of halogens is 1. The van der Waals surface area contributed by atoms with E-state index in [1.165, 1.54) is 12.1 Å². The highest BCUT2D eigenvalue weighted by Gasteiger charge is 2.13. The number of para-hydroxylation sites is 1. The van der Waals surface area contributed by atoms with Crippen molar-refractivity contribution < 1.29 is 19.0 Å². The topological polar surface area (TPSA) is 46.5 Å². The van der Waals surface area contributed by atoms with E-state index in [0.717, 1.165) is 11.6 Å². The molecule has 0 saturated heterocycles. The number of hydrogen-bond donors (Lipinski definition) is 1. The van der Waals surface area contributed by atoms with E-state index in [-0.39, 0.29) is 12.2 Å². The molecular weight excluding hydrogens is 271 g/mol. The number of benzene rings is 2. The zero-order chi connectivity index (χ0) is 15.4. The lowest BCUT2D eigenvalue weighted by Crippen LogP contribution is -2.07. The van der Waals surface area contributed by atoms with E-state index in [2.05, 4.69) is 13.8 Å². The van der Waals surface area contributed by atoms with Gasteiger partial charge >= 0.3 is 5.97 Å². The molecule has 0 heterocycles. The molecule has 0 aliphatic rings. The van der Waals surface area contributed by atoms with Crippen LogP contribution in [0.15, 0.2) is 42.5 Å². The maximum Gasteiger partial charge on any atom is 0.336 e. The molecule has 0 aliphatic carbocycles. The summed E-state index contributed by atoms with van der Waals surface area (Å²) in [5, 5.41) is 9.11. The molecule has 2 aromatic rings. The van der Waals surface area contributed by atoms with Gasteiger partial charge in [0.15, 0.2) is 0 Å². The van der Waals surface area contributed by atoms with Crippen molar-refractivity contribution in [3.8, 4) is 5.75 Å². The summed E-state index contributed by atoms with van der Waals surface area (Å²) in [5.41, 5.74) is 1.43. The molecule has 2 aromatic carbocycles. The summed E-state index contributed by atoms with van der Waals surface area (Å²) in [5.74, 6) is -0.717. The molecule has 0 atom stereocenters. The monoisotopic (exact) mass is 288 g/mol. The van der Waals surface area contributed by atoms with Crippen molar-refractivity contribution in [3.05, 3.63) is 65.0 Å². The Balaban J connectivity index is 2.23. The van der Waals surface area contributed by atoms with Gasteiger partial charge in [-0.3, -0.25) is 0 Å². The van der Waals surface area contributed by atoms with E-state index < -0.39 is 11.8 Å². The summed E-state index contributed by atoms with van der Waals surface area (Å²) in [6.45, 7) is 4.21. The Kier molecular flexibility index (Phi) is 4.58. The summed E-state index contributed by atoms with van der Waals surface area (Å²) in [7, 11) is 0. The minimum Gasteiger partial charge on any atom is -0.489 e. The summed E-state index contributed by atoms with van der Waals surface area (Å²) >= 11 is 0. The third-order valence-corrected chi connectivity index (χ3v) is 3.23. The van der Waals surface area contributed by atoms with Crippen molar-refractivity contribution in [2.75, 3.05) is 0 Å². The maximum atomic E-state index is 13.1. The van der Waals surface area contributed by atoms with Crippen LogP contribution in [0.1, 0.15) is 41.3 Å². The number of hydrogen-bond acceptors (Lipinski definition) is 2. The molecule has 0 bridgehead atoms. The molecule has 3 nitrogen and oxygen atoms in total. The van der Waals surface area contributed by atoms with Gasteiger partial charge in [-0.2, -0.15) is 0 Å². The first-order valence-electron chi connectivity index (χ1n) is 6.72. The molecule has 0 fully saturated rings.